The summed E-state index contributed by atoms with van der Waals surface area (Å²) in [4.78, 5) is 0. The molecule has 0 unspecified atom stereocenters. The molecule has 17 heavy (non-hydrogen) atoms. The van der Waals surface area contributed by atoms with Gasteiger partial charge in [-0.05, 0) is 79.4 Å². The van der Waals surface area contributed by atoms with Gasteiger partial charge in [-0.2, -0.15) is 0 Å². The largest absolute Gasteiger partial charge is 0.399 e. The standard InChI is InChI=1S/C16H21N/c17-15-3-1-12(2-4-15)16-13-6-10-5-11(8-13)9-14(16)7-10/h1-4,10-11,13-14,16H,5-9,17H2. The average molecular weight is 227 g/mol. The van der Waals surface area contributed by atoms with Gasteiger partial charge in [0.05, 0.1) is 0 Å². The van der Waals surface area contributed by atoms with Crippen LogP contribution in [0.1, 0.15) is 43.6 Å². The molecular formula is C16H21N. The van der Waals surface area contributed by atoms with E-state index in [0.717, 1.165) is 35.3 Å². The molecule has 1 heteroatoms. The second kappa shape index (κ2) is 3.51. The number of nitrogen functional groups attached to an aromatic ring is 1. The summed E-state index contributed by atoms with van der Waals surface area (Å²) in [7, 11) is 0. The van der Waals surface area contributed by atoms with Gasteiger partial charge < -0.3 is 5.73 Å². The van der Waals surface area contributed by atoms with Crippen LogP contribution >= 0.6 is 0 Å². The van der Waals surface area contributed by atoms with Gasteiger partial charge in [-0.15, -0.1) is 0 Å². The number of anilines is 1. The van der Waals surface area contributed by atoms with Crippen LogP contribution in [0.25, 0.3) is 0 Å². The maximum Gasteiger partial charge on any atom is 0.0314 e. The highest BCUT2D eigenvalue weighted by Crippen LogP contribution is 2.59. The average Bonchev–Trinajstić information content (AvgIpc) is 2.30. The smallest absolute Gasteiger partial charge is 0.0314 e. The van der Waals surface area contributed by atoms with Gasteiger partial charge in [0.1, 0.15) is 0 Å². The minimum atomic E-state index is 0.850. The predicted molar refractivity (Wildman–Crippen MR) is 70.6 cm³/mol. The Morgan fingerprint density at radius 2 is 1.29 bits per heavy atom. The van der Waals surface area contributed by atoms with Crippen LogP contribution in [0, 0.1) is 23.7 Å². The van der Waals surface area contributed by atoms with Crippen LogP contribution < -0.4 is 5.73 Å². The summed E-state index contributed by atoms with van der Waals surface area (Å²) in [5.74, 6) is 4.96. The quantitative estimate of drug-likeness (QED) is 0.725. The lowest BCUT2D eigenvalue weighted by atomic mass is 9.51. The Kier molecular flexibility index (Phi) is 2.06. The topological polar surface area (TPSA) is 26.0 Å². The zero-order valence-corrected chi connectivity index (χ0v) is 10.3. The molecule has 4 fully saturated rings. The molecule has 0 heterocycles. The number of hydrogen-bond donors (Lipinski definition) is 1. The van der Waals surface area contributed by atoms with Gasteiger partial charge in [0.2, 0.25) is 0 Å². The summed E-state index contributed by atoms with van der Waals surface area (Å²) in [6.45, 7) is 0. The summed E-state index contributed by atoms with van der Waals surface area (Å²) >= 11 is 0. The van der Waals surface area contributed by atoms with Gasteiger partial charge >= 0.3 is 0 Å². The van der Waals surface area contributed by atoms with Gasteiger partial charge in [0.15, 0.2) is 0 Å². The molecule has 0 saturated heterocycles. The first-order chi connectivity index (χ1) is 8.29. The van der Waals surface area contributed by atoms with E-state index in [9.17, 15) is 0 Å². The Balaban J connectivity index is 1.68. The van der Waals surface area contributed by atoms with E-state index in [0.29, 0.717) is 0 Å². The Hall–Kier alpha value is -0.980. The van der Waals surface area contributed by atoms with Crippen LogP contribution in [0.2, 0.25) is 0 Å². The summed E-state index contributed by atoms with van der Waals surface area (Å²) < 4.78 is 0. The molecule has 0 amide bonds. The second-order valence-electron chi connectivity index (χ2n) is 6.62. The minimum Gasteiger partial charge on any atom is -0.399 e. The normalized spacial score (nSPS) is 42.9. The molecule has 0 spiro atoms. The lowest BCUT2D eigenvalue weighted by Crippen LogP contribution is -2.43. The van der Waals surface area contributed by atoms with E-state index in [1.54, 1.807) is 12.0 Å². The van der Waals surface area contributed by atoms with E-state index in [4.69, 9.17) is 5.73 Å². The molecular weight excluding hydrogens is 206 g/mol. The highest BCUT2D eigenvalue weighted by atomic mass is 14.6. The van der Waals surface area contributed by atoms with Crippen LogP contribution in [-0.2, 0) is 0 Å². The predicted octanol–water partition coefficient (Wildman–Crippen LogP) is 3.81. The molecule has 90 valence electrons. The molecule has 0 atom stereocenters. The summed E-state index contributed by atoms with van der Waals surface area (Å²) in [6.07, 6.45) is 7.55. The SMILES string of the molecule is Nc1ccc(C2C3CC4CC(C3)CC2C4)cc1. The fourth-order valence-corrected chi connectivity index (χ4v) is 5.19. The van der Waals surface area contributed by atoms with Crippen LogP contribution in [-0.4, -0.2) is 0 Å². The van der Waals surface area contributed by atoms with E-state index < -0.39 is 0 Å². The zero-order chi connectivity index (χ0) is 11.4. The van der Waals surface area contributed by atoms with E-state index in [1.807, 2.05) is 0 Å². The van der Waals surface area contributed by atoms with E-state index in [2.05, 4.69) is 24.3 Å². The zero-order valence-electron chi connectivity index (χ0n) is 10.3. The maximum absolute atomic E-state index is 5.80. The molecule has 0 aromatic heterocycles. The molecule has 2 N–H and O–H groups in total. The van der Waals surface area contributed by atoms with Crippen molar-refractivity contribution in [2.75, 3.05) is 5.73 Å². The molecule has 1 aromatic rings. The van der Waals surface area contributed by atoms with Crippen molar-refractivity contribution in [1.29, 1.82) is 0 Å². The number of benzene rings is 1. The van der Waals surface area contributed by atoms with Crippen molar-refractivity contribution >= 4 is 5.69 Å². The molecule has 5 rings (SSSR count). The third-order valence-electron chi connectivity index (χ3n) is 5.55. The monoisotopic (exact) mass is 227 g/mol. The minimum absolute atomic E-state index is 0.850. The van der Waals surface area contributed by atoms with Crippen molar-refractivity contribution in [3.05, 3.63) is 29.8 Å². The van der Waals surface area contributed by atoms with Crippen molar-refractivity contribution in [2.24, 2.45) is 23.7 Å². The van der Waals surface area contributed by atoms with E-state index in [1.165, 1.54) is 25.7 Å². The van der Waals surface area contributed by atoms with Gasteiger partial charge in [-0.3, -0.25) is 0 Å². The van der Waals surface area contributed by atoms with Crippen molar-refractivity contribution in [1.82, 2.24) is 0 Å². The summed E-state index contributed by atoms with van der Waals surface area (Å²) in [6, 6.07) is 8.73. The lowest BCUT2D eigenvalue weighted by molar-refractivity contribution is -0.00277. The first-order valence-corrected chi connectivity index (χ1v) is 7.15. The van der Waals surface area contributed by atoms with Crippen molar-refractivity contribution < 1.29 is 0 Å². The molecule has 1 aromatic carbocycles. The molecule has 4 aliphatic rings. The Morgan fingerprint density at radius 1 is 0.765 bits per heavy atom. The Morgan fingerprint density at radius 3 is 1.82 bits per heavy atom. The molecule has 0 aliphatic heterocycles. The van der Waals surface area contributed by atoms with Gasteiger partial charge in [-0.25, -0.2) is 0 Å². The first-order valence-electron chi connectivity index (χ1n) is 7.15. The fourth-order valence-electron chi connectivity index (χ4n) is 5.19. The van der Waals surface area contributed by atoms with Crippen molar-refractivity contribution in [3.8, 4) is 0 Å². The third-order valence-corrected chi connectivity index (χ3v) is 5.55. The summed E-state index contributed by atoms with van der Waals surface area (Å²) in [5.41, 5.74) is 8.26. The first kappa shape index (κ1) is 9.99. The van der Waals surface area contributed by atoms with Crippen LogP contribution in [0.4, 0.5) is 5.69 Å². The van der Waals surface area contributed by atoms with Gasteiger partial charge in [0.25, 0.3) is 0 Å². The lowest BCUT2D eigenvalue weighted by Gasteiger charge is -2.54. The highest BCUT2D eigenvalue weighted by Gasteiger charge is 2.48. The third kappa shape index (κ3) is 1.51. The Bertz CT molecular complexity index is 392. The van der Waals surface area contributed by atoms with Crippen LogP contribution in [0.15, 0.2) is 24.3 Å². The van der Waals surface area contributed by atoms with Gasteiger partial charge in [-0.1, -0.05) is 12.1 Å². The highest BCUT2D eigenvalue weighted by molar-refractivity contribution is 5.41. The molecule has 1 nitrogen and oxygen atoms in total. The Labute approximate surface area is 103 Å². The van der Waals surface area contributed by atoms with Crippen molar-refractivity contribution in [2.45, 2.75) is 38.0 Å². The number of rotatable bonds is 1. The number of nitrogens with two attached hydrogens (primary N) is 1. The van der Waals surface area contributed by atoms with Crippen LogP contribution in [0.5, 0.6) is 0 Å². The van der Waals surface area contributed by atoms with Crippen LogP contribution in [0.3, 0.4) is 0 Å². The number of hydrogen-bond acceptors (Lipinski definition) is 1. The molecule has 4 aliphatic carbocycles. The van der Waals surface area contributed by atoms with Crippen molar-refractivity contribution in [3.63, 3.8) is 0 Å². The maximum atomic E-state index is 5.80. The van der Waals surface area contributed by atoms with E-state index in [-0.39, 0.29) is 0 Å². The molecule has 4 bridgehead atoms. The van der Waals surface area contributed by atoms with Gasteiger partial charge in [0, 0.05) is 5.69 Å². The summed E-state index contributed by atoms with van der Waals surface area (Å²) in [5, 5.41) is 0. The van der Waals surface area contributed by atoms with E-state index >= 15 is 0 Å². The fraction of sp³-hybridized carbons (Fsp3) is 0.625. The molecule has 0 radical (unpaired) electrons. The molecule has 4 saturated carbocycles. The second-order valence-corrected chi connectivity index (χ2v) is 6.62.